The topological polar surface area (TPSA) is 86.8 Å². The average Bonchev–Trinajstić information content (AvgIpc) is 2.77. The number of likely N-dealkylation sites (N-methyl/N-ethyl adjacent to an activating group) is 1. The molecule has 0 aromatic heterocycles. The lowest BCUT2D eigenvalue weighted by molar-refractivity contribution is -0.140. The number of nitrogens with zero attached hydrogens (tertiary/aromatic N) is 2. The maximum absolute atomic E-state index is 12.9. The van der Waals surface area contributed by atoms with E-state index >= 15 is 0 Å². The largest absolute Gasteiger partial charge is 0.357 e. The van der Waals surface area contributed by atoms with E-state index in [2.05, 4.69) is 21.2 Å². The Morgan fingerprint density at radius 1 is 1.06 bits per heavy atom. The van der Waals surface area contributed by atoms with E-state index in [0.29, 0.717) is 13.0 Å². The number of sulfonamides is 1. The second kappa shape index (κ2) is 11.4. The normalized spacial score (nSPS) is 12.4. The Kier molecular flexibility index (Phi) is 9.21. The molecule has 168 valence electrons. The van der Waals surface area contributed by atoms with Crippen molar-refractivity contribution >= 4 is 37.8 Å². The van der Waals surface area contributed by atoms with Crippen LogP contribution in [0.5, 0.6) is 0 Å². The maximum Gasteiger partial charge on any atom is 0.242 e. The van der Waals surface area contributed by atoms with Crippen LogP contribution in [0.2, 0.25) is 0 Å². The Morgan fingerprint density at radius 3 is 2.26 bits per heavy atom. The van der Waals surface area contributed by atoms with Crippen molar-refractivity contribution in [3.8, 4) is 0 Å². The first-order valence-electron chi connectivity index (χ1n) is 9.93. The molecule has 0 aliphatic carbocycles. The van der Waals surface area contributed by atoms with Crippen LogP contribution in [-0.2, 0) is 26.2 Å². The highest BCUT2D eigenvalue weighted by atomic mass is 79.9. The quantitative estimate of drug-likeness (QED) is 0.533. The van der Waals surface area contributed by atoms with E-state index in [1.54, 1.807) is 37.3 Å². The highest BCUT2D eigenvalue weighted by Crippen LogP contribution is 2.17. The summed E-state index contributed by atoms with van der Waals surface area (Å²) in [6.07, 6.45) is 0.477. The molecule has 0 aliphatic rings. The summed E-state index contributed by atoms with van der Waals surface area (Å²) in [5, 5.41) is 2.58. The number of hydrogen-bond donors (Lipinski definition) is 1. The summed E-state index contributed by atoms with van der Waals surface area (Å²) >= 11 is 3.39. The fraction of sp³-hybridized carbons (Fsp3) is 0.364. The van der Waals surface area contributed by atoms with Gasteiger partial charge in [0, 0.05) is 38.1 Å². The molecule has 9 heteroatoms. The Balaban J connectivity index is 2.03. The number of carbonyl (C=O) groups excluding carboxylic acids is 2. The molecule has 1 atom stereocenters. The van der Waals surface area contributed by atoms with E-state index in [0.717, 1.165) is 10.0 Å². The summed E-state index contributed by atoms with van der Waals surface area (Å²) in [7, 11) is -0.572. The zero-order chi connectivity index (χ0) is 23.0. The van der Waals surface area contributed by atoms with E-state index in [-0.39, 0.29) is 29.7 Å². The van der Waals surface area contributed by atoms with Gasteiger partial charge in [-0.1, -0.05) is 46.3 Å². The number of hydrogen-bond acceptors (Lipinski definition) is 4. The molecule has 2 aromatic carbocycles. The molecule has 2 rings (SSSR count). The van der Waals surface area contributed by atoms with Crippen molar-refractivity contribution in [1.82, 2.24) is 14.5 Å². The minimum Gasteiger partial charge on any atom is -0.357 e. The molecule has 2 amide bonds. The van der Waals surface area contributed by atoms with Gasteiger partial charge in [-0.3, -0.25) is 9.59 Å². The number of carbonyl (C=O) groups is 2. The molecule has 0 heterocycles. The number of amides is 2. The van der Waals surface area contributed by atoms with Gasteiger partial charge < -0.3 is 10.2 Å². The second-order valence-corrected chi connectivity index (χ2v) is 10.1. The number of rotatable bonds is 10. The highest BCUT2D eigenvalue weighted by molar-refractivity contribution is 9.10. The smallest absolute Gasteiger partial charge is 0.242 e. The van der Waals surface area contributed by atoms with Crippen LogP contribution in [0.1, 0.15) is 25.3 Å². The molecular formula is C22H28BrN3O4S. The molecule has 7 nitrogen and oxygen atoms in total. The Morgan fingerprint density at radius 2 is 1.68 bits per heavy atom. The number of nitrogens with one attached hydrogen (secondary N) is 1. The molecule has 0 saturated carbocycles. The van der Waals surface area contributed by atoms with Gasteiger partial charge in [-0.05, 0) is 43.2 Å². The SMILES string of the molecule is CNC(=O)[C@@H](C)N(Cc1ccc(Br)cc1)C(=O)CCCN(C)S(=O)(=O)c1ccccc1. The summed E-state index contributed by atoms with van der Waals surface area (Å²) in [6, 6.07) is 15.1. The molecular weight excluding hydrogens is 482 g/mol. The van der Waals surface area contributed by atoms with Gasteiger partial charge in [0.2, 0.25) is 21.8 Å². The molecule has 2 aromatic rings. The summed E-state index contributed by atoms with van der Waals surface area (Å²) in [5.74, 6) is -0.459. The molecule has 0 spiro atoms. The summed E-state index contributed by atoms with van der Waals surface area (Å²) in [4.78, 5) is 26.9. The van der Waals surface area contributed by atoms with Crippen molar-refractivity contribution in [1.29, 1.82) is 0 Å². The summed E-state index contributed by atoms with van der Waals surface area (Å²) < 4.78 is 27.4. The second-order valence-electron chi connectivity index (χ2n) is 7.18. The minimum atomic E-state index is -3.60. The first kappa shape index (κ1) is 25.0. The van der Waals surface area contributed by atoms with E-state index in [4.69, 9.17) is 0 Å². The third-order valence-corrected chi connectivity index (χ3v) is 7.39. The first-order chi connectivity index (χ1) is 14.7. The maximum atomic E-state index is 12.9. The Labute approximate surface area is 192 Å². The highest BCUT2D eigenvalue weighted by Gasteiger charge is 2.26. The van der Waals surface area contributed by atoms with Crippen LogP contribution >= 0.6 is 15.9 Å². The van der Waals surface area contributed by atoms with Gasteiger partial charge in [0.05, 0.1) is 4.90 Å². The van der Waals surface area contributed by atoms with Crippen LogP contribution in [-0.4, -0.2) is 56.1 Å². The van der Waals surface area contributed by atoms with Crippen molar-refractivity contribution < 1.29 is 18.0 Å². The monoisotopic (exact) mass is 509 g/mol. The molecule has 1 N–H and O–H groups in total. The van der Waals surface area contributed by atoms with E-state index in [1.165, 1.54) is 23.3 Å². The molecule has 0 fully saturated rings. The predicted molar refractivity (Wildman–Crippen MR) is 124 cm³/mol. The van der Waals surface area contributed by atoms with E-state index < -0.39 is 16.1 Å². The van der Waals surface area contributed by atoms with Crippen molar-refractivity contribution in [3.05, 3.63) is 64.6 Å². The van der Waals surface area contributed by atoms with Crippen molar-refractivity contribution in [2.45, 2.75) is 37.2 Å². The lowest BCUT2D eigenvalue weighted by atomic mass is 10.1. The molecule has 0 saturated heterocycles. The number of benzene rings is 2. The molecule has 31 heavy (non-hydrogen) atoms. The Hall–Kier alpha value is -2.23. The van der Waals surface area contributed by atoms with Crippen molar-refractivity contribution in [2.75, 3.05) is 20.6 Å². The molecule has 0 aliphatic heterocycles. The first-order valence-corrected chi connectivity index (χ1v) is 12.2. The van der Waals surface area contributed by atoms with Gasteiger partial charge in [-0.25, -0.2) is 12.7 Å². The van der Waals surface area contributed by atoms with Gasteiger partial charge in [-0.15, -0.1) is 0 Å². The minimum absolute atomic E-state index is 0.131. The van der Waals surface area contributed by atoms with Gasteiger partial charge in [0.15, 0.2) is 0 Å². The lowest BCUT2D eigenvalue weighted by Gasteiger charge is -2.28. The van der Waals surface area contributed by atoms with Crippen LogP contribution in [0.15, 0.2) is 64.0 Å². The van der Waals surface area contributed by atoms with Gasteiger partial charge >= 0.3 is 0 Å². The van der Waals surface area contributed by atoms with Crippen LogP contribution in [0, 0.1) is 0 Å². The van der Waals surface area contributed by atoms with Crippen LogP contribution in [0.25, 0.3) is 0 Å². The fourth-order valence-electron chi connectivity index (χ4n) is 3.07. The summed E-state index contributed by atoms with van der Waals surface area (Å²) in [6.45, 7) is 2.17. The lowest BCUT2D eigenvalue weighted by Crippen LogP contribution is -2.46. The van der Waals surface area contributed by atoms with Crippen molar-refractivity contribution in [2.24, 2.45) is 0 Å². The van der Waals surface area contributed by atoms with Crippen LogP contribution < -0.4 is 5.32 Å². The van der Waals surface area contributed by atoms with Gasteiger partial charge in [-0.2, -0.15) is 0 Å². The third kappa shape index (κ3) is 6.88. The van der Waals surface area contributed by atoms with E-state index in [9.17, 15) is 18.0 Å². The predicted octanol–water partition coefficient (Wildman–Crippen LogP) is 3.01. The molecule has 0 radical (unpaired) electrons. The average molecular weight is 510 g/mol. The van der Waals surface area contributed by atoms with Gasteiger partial charge in [0.25, 0.3) is 0 Å². The molecule has 0 unspecified atom stereocenters. The zero-order valence-corrected chi connectivity index (χ0v) is 20.3. The third-order valence-electron chi connectivity index (χ3n) is 4.99. The van der Waals surface area contributed by atoms with Crippen LogP contribution in [0.3, 0.4) is 0 Å². The van der Waals surface area contributed by atoms with E-state index in [1.807, 2.05) is 24.3 Å². The Bertz CT molecular complexity index is 982. The number of halogens is 1. The standard InChI is InChI=1S/C22H28BrN3O4S/c1-17(22(28)24-2)26(16-18-11-13-19(23)14-12-18)21(27)10-7-15-25(3)31(29,30)20-8-5-4-6-9-20/h4-6,8-9,11-14,17H,7,10,15-16H2,1-3H3,(H,24,28)/t17-/m1/s1. The molecule has 0 bridgehead atoms. The van der Waals surface area contributed by atoms with Gasteiger partial charge in [0.1, 0.15) is 6.04 Å². The van der Waals surface area contributed by atoms with Crippen molar-refractivity contribution in [3.63, 3.8) is 0 Å². The fourth-order valence-corrected chi connectivity index (χ4v) is 4.56. The van der Waals surface area contributed by atoms with Crippen LogP contribution in [0.4, 0.5) is 0 Å². The zero-order valence-electron chi connectivity index (χ0n) is 17.9. The summed E-state index contributed by atoms with van der Waals surface area (Å²) in [5.41, 5.74) is 0.899.